The predicted octanol–water partition coefficient (Wildman–Crippen LogP) is 2.99. The van der Waals surface area contributed by atoms with Gasteiger partial charge in [-0.1, -0.05) is 5.16 Å². The van der Waals surface area contributed by atoms with E-state index in [0.717, 1.165) is 25.2 Å². The lowest BCUT2D eigenvalue weighted by Crippen LogP contribution is -2.32. The summed E-state index contributed by atoms with van der Waals surface area (Å²) in [5.74, 6) is 1.97. The van der Waals surface area contributed by atoms with E-state index in [4.69, 9.17) is 4.52 Å². The standard InChI is InChI=1S/C18H25N5O2/c1-5-22(12(2)3)16-9-8-14(11-19-16)18(24)23-10-6-7-15(23)17-20-13(4)25-21-17/h8-9,11-12,15H,5-7,10H2,1-4H3. The van der Waals surface area contributed by atoms with Gasteiger partial charge in [-0.2, -0.15) is 4.98 Å². The quantitative estimate of drug-likeness (QED) is 0.831. The third-order valence-corrected chi connectivity index (χ3v) is 4.61. The maximum atomic E-state index is 12.9. The molecule has 0 spiro atoms. The summed E-state index contributed by atoms with van der Waals surface area (Å²) in [7, 11) is 0. The van der Waals surface area contributed by atoms with Gasteiger partial charge in [0.1, 0.15) is 5.82 Å². The van der Waals surface area contributed by atoms with Gasteiger partial charge in [0.05, 0.1) is 11.6 Å². The van der Waals surface area contributed by atoms with Crippen molar-refractivity contribution in [2.24, 2.45) is 0 Å². The molecule has 25 heavy (non-hydrogen) atoms. The van der Waals surface area contributed by atoms with E-state index in [1.807, 2.05) is 17.0 Å². The van der Waals surface area contributed by atoms with Crippen LogP contribution in [0, 0.1) is 6.92 Å². The van der Waals surface area contributed by atoms with Crippen LogP contribution in [0.2, 0.25) is 0 Å². The fourth-order valence-corrected chi connectivity index (χ4v) is 3.37. The number of hydrogen-bond donors (Lipinski definition) is 0. The predicted molar refractivity (Wildman–Crippen MR) is 94.4 cm³/mol. The Kier molecular flexibility index (Phi) is 5.01. The third-order valence-electron chi connectivity index (χ3n) is 4.61. The van der Waals surface area contributed by atoms with Gasteiger partial charge < -0.3 is 14.3 Å². The molecule has 2 aromatic heterocycles. The van der Waals surface area contributed by atoms with E-state index in [9.17, 15) is 4.79 Å². The topological polar surface area (TPSA) is 75.4 Å². The molecule has 0 N–H and O–H groups in total. The van der Waals surface area contributed by atoms with Crippen LogP contribution in [0.25, 0.3) is 0 Å². The second-order valence-electron chi connectivity index (χ2n) is 6.61. The van der Waals surface area contributed by atoms with Gasteiger partial charge in [-0.25, -0.2) is 4.98 Å². The highest BCUT2D eigenvalue weighted by Gasteiger charge is 2.33. The molecular formula is C18H25N5O2. The molecular weight excluding hydrogens is 318 g/mol. The van der Waals surface area contributed by atoms with Crippen molar-refractivity contribution in [1.82, 2.24) is 20.0 Å². The Morgan fingerprint density at radius 2 is 2.24 bits per heavy atom. The maximum absolute atomic E-state index is 12.9. The summed E-state index contributed by atoms with van der Waals surface area (Å²) in [6, 6.07) is 4.02. The second-order valence-corrected chi connectivity index (χ2v) is 6.61. The van der Waals surface area contributed by atoms with Gasteiger partial charge >= 0.3 is 0 Å². The highest BCUT2D eigenvalue weighted by Crippen LogP contribution is 2.31. The number of aryl methyl sites for hydroxylation is 1. The van der Waals surface area contributed by atoms with Crippen molar-refractivity contribution in [3.63, 3.8) is 0 Å². The molecule has 7 nitrogen and oxygen atoms in total. The van der Waals surface area contributed by atoms with E-state index < -0.39 is 0 Å². The lowest BCUT2D eigenvalue weighted by Gasteiger charge is -2.26. The molecule has 1 amide bonds. The number of likely N-dealkylation sites (tertiary alicyclic amines) is 1. The normalized spacial score (nSPS) is 17.3. The van der Waals surface area contributed by atoms with Crippen molar-refractivity contribution in [3.8, 4) is 0 Å². The average Bonchev–Trinajstić information content (AvgIpc) is 3.23. The molecule has 3 heterocycles. The zero-order chi connectivity index (χ0) is 18.0. The zero-order valence-corrected chi connectivity index (χ0v) is 15.3. The van der Waals surface area contributed by atoms with Crippen molar-refractivity contribution in [2.75, 3.05) is 18.0 Å². The van der Waals surface area contributed by atoms with Crippen LogP contribution in [0.1, 0.15) is 61.7 Å². The van der Waals surface area contributed by atoms with E-state index in [2.05, 4.69) is 40.8 Å². The first-order chi connectivity index (χ1) is 12.0. The van der Waals surface area contributed by atoms with Crippen molar-refractivity contribution >= 4 is 11.7 Å². The SMILES string of the molecule is CCN(c1ccc(C(=O)N2CCCC2c2noc(C)n2)cn1)C(C)C. The largest absolute Gasteiger partial charge is 0.354 e. The van der Waals surface area contributed by atoms with Crippen molar-refractivity contribution in [1.29, 1.82) is 0 Å². The molecule has 0 bridgehead atoms. The van der Waals surface area contributed by atoms with Crippen LogP contribution in [-0.4, -0.2) is 45.1 Å². The maximum Gasteiger partial charge on any atom is 0.256 e. The first kappa shape index (κ1) is 17.4. The Labute approximate surface area is 148 Å². The molecule has 1 unspecified atom stereocenters. The van der Waals surface area contributed by atoms with E-state index in [1.165, 1.54) is 0 Å². The van der Waals surface area contributed by atoms with Gasteiger partial charge in [-0.3, -0.25) is 4.79 Å². The summed E-state index contributed by atoms with van der Waals surface area (Å²) in [5, 5.41) is 3.99. The monoisotopic (exact) mass is 343 g/mol. The molecule has 0 radical (unpaired) electrons. The fourth-order valence-electron chi connectivity index (χ4n) is 3.37. The van der Waals surface area contributed by atoms with Gasteiger partial charge in [0.15, 0.2) is 5.82 Å². The molecule has 0 aliphatic carbocycles. The van der Waals surface area contributed by atoms with Crippen LogP contribution in [0.15, 0.2) is 22.9 Å². The van der Waals surface area contributed by atoms with Crippen LogP contribution < -0.4 is 4.90 Å². The molecule has 1 fully saturated rings. The minimum atomic E-state index is -0.118. The van der Waals surface area contributed by atoms with E-state index >= 15 is 0 Å². The van der Waals surface area contributed by atoms with Gasteiger partial charge in [-0.15, -0.1) is 0 Å². The average molecular weight is 343 g/mol. The van der Waals surface area contributed by atoms with E-state index in [-0.39, 0.29) is 11.9 Å². The molecule has 1 saturated heterocycles. The van der Waals surface area contributed by atoms with Gasteiger partial charge in [0.2, 0.25) is 5.89 Å². The Hall–Kier alpha value is -2.44. The number of pyridine rings is 1. The molecule has 2 aromatic rings. The lowest BCUT2D eigenvalue weighted by atomic mass is 10.2. The minimum Gasteiger partial charge on any atom is -0.354 e. The molecule has 134 valence electrons. The fraction of sp³-hybridized carbons (Fsp3) is 0.556. The van der Waals surface area contributed by atoms with Crippen LogP contribution in [0.4, 0.5) is 5.82 Å². The Morgan fingerprint density at radius 1 is 1.44 bits per heavy atom. The van der Waals surface area contributed by atoms with Crippen molar-refractivity contribution < 1.29 is 9.32 Å². The molecule has 1 aliphatic rings. The van der Waals surface area contributed by atoms with Crippen molar-refractivity contribution in [3.05, 3.63) is 35.6 Å². The second kappa shape index (κ2) is 7.21. The van der Waals surface area contributed by atoms with Crippen molar-refractivity contribution in [2.45, 2.75) is 52.6 Å². The van der Waals surface area contributed by atoms with E-state index in [0.29, 0.717) is 29.9 Å². The third kappa shape index (κ3) is 3.50. The highest BCUT2D eigenvalue weighted by atomic mass is 16.5. The molecule has 7 heteroatoms. The lowest BCUT2D eigenvalue weighted by molar-refractivity contribution is 0.0728. The van der Waals surface area contributed by atoms with Gasteiger partial charge in [0.25, 0.3) is 5.91 Å². The highest BCUT2D eigenvalue weighted by molar-refractivity contribution is 5.94. The summed E-state index contributed by atoms with van der Waals surface area (Å²) < 4.78 is 5.07. The number of carbonyl (C=O) groups is 1. The van der Waals surface area contributed by atoms with Gasteiger partial charge in [-0.05, 0) is 45.7 Å². The number of hydrogen-bond acceptors (Lipinski definition) is 6. The molecule has 0 aromatic carbocycles. The molecule has 1 aliphatic heterocycles. The summed E-state index contributed by atoms with van der Waals surface area (Å²) in [5.41, 5.74) is 0.593. The smallest absolute Gasteiger partial charge is 0.256 e. The first-order valence-electron chi connectivity index (χ1n) is 8.85. The summed E-state index contributed by atoms with van der Waals surface area (Å²) in [4.78, 5) is 25.7. The molecule has 3 rings (SSSR count). The Bertz CT molecular complexity index is 725. The number of carbonyl (C=O) groups excluding carboxylic acids is 1. The summed E-state index contributed by atoms with van der Waals surface area (Å²) >= 11 is 0. The number of nitrogens with zero attached hydrogens (tertiary/aromatic N) is 5. The van der Waals surface area contributed by atoms with Crippen LogP contribution >= 0.6 is 0 Å². The minimum absolute atomic E-state index is 0.0309. The van der Waals surface area contributed by atoms with E-state index in [1.54, 1.807) is 13.1 Å². The zero-order valence-electron chi connectivity index (χ0n) is 15.3. The number of aromatic nitrogens is 3. The number of amides is 1. The molecule has 1 atom stereocenters. The van der Waals surface area contributed by atoms with Gasteiger partial charge in [0, 0.05) is 32.3 Å². The number of rotatable bonds is 5. The van der Waals surface area contributed by atoms with Crippen LogP contribution in [0.3, 0.4) is 0 Å². The Balaban J connectivity index is 1.78. The summed E-state index contributed by atoms with van der Waals surface area (Å²) in [6.45, 7) is 9.70. The van der Waals surface area contributed by atoms with Crippen LogP contribution in [0.5, 0.6) is 0 Å². The molecule has 0 saturated carbocycles. The first-order valence-corrected chi connectivity index (χ1v) is 8.85. The Morgan fingerprint density at radius 3 is 2.80 bits per heavy atom. The van der Waals surface area contributed by atoms with Crippen LogP contribution in [-0.2, 0) is 0 Å². The number of anilines is 1. The summed E-state index contributed by atoms with van der Waals surface area (Å²) in [6.07, 6.45) is 3.46.